The number of methoxy groups -OCH3 is 1. The maximum Gasteiger partial charge on any atom is 0.266 e. The van der Waals surface area contributed by atoms with Crippen molar-refractivity contribution in [2.45, 2.75) is 12.1 Å². The minimum Gasteiger partial charge on any atom is -0.497 e. The van der Waals surface area contributed by atoms with Gasteiger partial charge in [0.1, 0.15) is 5.75 Å². The summed E-state index contributed by atoms with van der Waals surface area (Å²) in [5, 5.41) is 8.81. The van der Waals surface area contributed by atoms with E-state index in [1.807, 2.05) is 72.8 Å². The van der Waals surface area contributed by atoms with Crippen LogP contribution in [0.3, 0.4) is 0 Å². The van der Waals surface area contributed by atoms with Crippen LogP contribution < -0.4 is 9.64 Å². The molecule has 1 amide bonds. The summed E-state index contributed by atoms with van der Waals surface area (Å²) in [6.07, 6.45) is 0. The predicted octanol–water partition coefficient (Wildman–Crippen LogP) is 4.58. The molecule has 3 aromatic carbocycles. The van der Waals surface area contributed by atoms with Crippen LogP contribution in [0.25, 0.3) is 0 Å². The molecule has 0 N–H and O–H groups in total. The minimum absolute atomic E-state index is 0.0803. The number of hydrogen-bond acceptors (Lipinski definition) is 4. The summed E-state index contributed by atoms with van der Waals surface area (Å²) in [5.41, 5.74) is 3.19. The van der Waals surface area contributed by atoms with E-state index in [1.165, 1.54) is 0 Å². The molecule has 0 aromatic heterocycles. The number of azo groups is 1. The first-order chi connectivity index (χ1) is 13.2. The van der Waals surface area contributed by atoms with Crippen molar-refractivity contribution in [3.8, 4) is 5.75 Å². The molecule has 1 unspecified atom stereocenters. The summed E-state index contributed by atoms with van der Waals surface area (Å²) < 4.78 is 5.40. The number of rotatable bonds is 3. The van der Waals surface area contributed by atoms with Crippen molar-refractivity contribution < 1.29 is 9.53 Å². The zero-order valence-corrected chi connectivity index (χ0v) is 14.8. The molecule has 2 aliphatic heterocycles. The summed E-state index contributed by atoms with van der Waals surface area (Å²) in [4.78, 5) is 15.5. The monoisotopic (exact) mass is 355 g/mol. The number of anilines is 1. The molecule has 1 atom stereocenters. The zero-order chi connectivity index (χ0) is 18.4. The molecular formula is C22H17N3O2. The van der Waals surface area contributed by atoms with Gasteiger partial charge in [-0.25, -0.2) is 0 Å². The molecule has 5 nitrogen and oxygen atoms in total. The first kappa shape index (κ1) is 15.8. The molecule has 5 rings (SSSR count). The van der Waals surface area contributed by atoms with Gasteiger partial charge in [0.05, 0.1) is 25.0 Å². The Bertz CT molecular complexity index is 1080. The normalized spacial score (nSPS) is 19.4. The maximum atomic E-state index is 13.7. The fraction of sp³-hybridized carbons (Fsp3) is 0.136. The summed E-state index contributed by atoms with van der Waals surface area (Å²) in [6.45, 7) is 0.472. The maximum absolute atomic E-state index is 13.7. The van der Waals surface area contributed by atoms with E-state index < -0.39 is 5.54 Å². The standard InChI is InChI=1S/C22H17N3O2/c1-27-16-11-12-18-20(13-16)25(14-15-7-3-2-4-8-15)21(26)22(18)17-9-5-6-10-19(17)23-24-22/h2-13H,14H2,1H3. The average Bonchev–Trinajstić information content (AvgIpc) is 3.22. The van der Waals surface area contributed by atoms with Crippen molar-refractivity contribution in [1.82, 2.24) is 0 Å². The van der Waals surface area contributed by atoms with Gasteiger partial charge in [-0.1, -0.05) is 48.5 Å². The Morgan fingerprint density at radius 3 is 2.56 bits per heavy atom. The van der Waals surface area contributed by atoms with Gasteiger partial charge in [-0.2, -0.15) is 10.2 Å². The molecule has 3 aromatic rings. The molecule has 0 fully saturated rings. The minimum atomic E-state index is -1.10. The molecule has 0 saturated carbocycles. The number of carbonyl (C=O) groups excluding carboxylic acids is 1. The van der Waals surface area contributed by atoms with Crippen LogP contribution in [-0.4, -0.2) is 13.0 Å². The Morgan fingerprint density at radius 2 is 1.74 bits per heavy atom. The van der Waals surface area contributed by atoms with Crippen LogP contribution in [-0.2, 0) is 16.9 Å². The van der Waals surface area contributed by atoms with E-state index in [-0.39, 0.29) is 5.91 Å². The highest BCUT2D eigenvalue weighted by Crippen LogP contribution is 2.54. The lowest BCUT2D eigenvalue weighted by atomic mass is 9.84. The lowest BCUT2D eigenvalue weighted by Crippen LogP contribution is -2.38. The summed E-state index contributed by atoms with van der Waals surface area (Å²) in [5.74, 6) is 0.628. The van der Waals surface area contributed by atoms with E-state index in [4.69, 9.17) is 4.74 Å². The Labute approximate surface area is 156 Å². The number of benzene rings is 3. The number of fused-ring (bicyclic) bond motifs is 4. The van der Waals surface area contributed by atoms with Crippen LogP contribution in [0.15, 0.2) is 83.0 Å². The topological polar surface area (TPSA) is 54.3 Å². The van der Waals surface area contributed by atoms with Crippen molar-refractivity contribution in [3.63, 3.8) is 0 Å². The smallest absolute Gasteiger partial charge is 0.266 e. The van der Waals surface area contributed by atoms with E-state index >= 15 is 0 Å². The highest BCUT2D eigenvalue weighted by Gasteiger charge is 2.56. The van der Waals surface area contributed by atoms with Gasteiger partial charge in [0.15, 0.2) is 0 Å². The third kappa shape index (κ3) is 2.15. The molecular weight excluding hydrogens is 338 g/mol. The molecule has 0 saturated heterocycles. The fourth-order valence-corrected chi connectivity index (χ4v) is 3.92. The van der Waals surface area contributed by atoms with Gasteiger partial charge in [-0.3, -0.25) is 4.79 Å². The summed E-state index contributed by atoms with van der Waals surface area (Å²) >= 11 is 0. The lowest BCUT2D eigenvalue weighted by Gasteiger charge is -2.21. The average molecular weight is 355 g/mol. The van der Waals surface area contributed by atoms with Crippen molar-refractivity contribution in [2.24, 2.45) is 10.2 Å². The third-order valence-electron chi connectivity index (χ3n) is 5.23. The first-order valence-corrected chi connectivity index (χ1v) is 8.81. The molecule has 2 heterocycles. The van der Waals surface area contributed by atoms with Crippen molar-refractivity contribution in [2.75, 3.05) is 12.0 Å². The number of hydrogen-bond donors (Lipinski definition) is 0. The van der Waals surface area contributed by atoms with Crippen LogP contribution >= 0.6 is 0 Å². The van der Waals surface area contributed by atoms with Crippen LogP contribution in [0.1, 0.15) is 16.7 Å². The predicted molar refractivity (Wildman–Crippen MR) is 102 cm³/mol. The molecule has 27 heavy (non-hydrogen) atoms. The number of amides is 1. The second-order valence-corrected chi connectivity index (χ2v) is 6.69. The van der Waals surface area contributed by atoms with Gasteiger partial charge in [-0.05, 0) is 23.8 Å². The Kier molecular flexibility index (Phi) is 3.37. The third-order valence-corrected chi connectivity index (χ3v) is 5.23. The molecule has 0 radical (unpaired) electrons. The molecule has 2 aliphatic rings. The molecule has 5 heteroatoms. The number of carbonyl (C=O) groups is 1. The van der Waals surface area contributed by atoms with Crippen LogP contribution in [0, 0.1) is 0 Å². The van der Waals surface area contributed by atoms with Gasteiger partial charge in [0.25, 0.3) is 5.91 Å². The van der Waals surface area contributed by atoms with Gasteiger partial charge in [0, 0.05) is 17.2 Å². The lowest BCUT2D eigenvalue weighted by molar-refractivity contribution is -0.121. The van der Waals surface area contributed by atoms with Gasteiger partial charge < -0.3 is 9.64 Å². The van der Waals surface area contributed by atoms with E-state index in [2.05, 4.69) is 10.2 Å². The van der Waals surface area contributed by atoms with Crippen molar-refractivity contribution in [1.29, 1.82) is 0 Å². The number of nitrogens with zero attached hydrogens (tertiary/aromatic N) is 3. The second kappa shape index (κ2) is 5.77. The highest BCUT2D eigenvalue weighted by molar-refractivity contribution is 6.11. The quantitative estimate of drug-likeness (QED) is 0.690. The van der Waals surface area contributed by atoms with Gasteiger partial charge in [-0.15, -0.1) is 0 Å². The number of ether oxygens (including phenoxy) is 1. The Balaban J connectivity index is 1.70. The van der Waals surface area contributed by atoms with Crippen molar-refractivity contribution in [3.05, 3.63) is 89.5 Å². The molecule has 132 valence electrons. The largest absolute Gasteiger partial charge is 0.497 e. The van der Waals surface area contributed by atoms with Crippen molar-refractivity contribution >= 4 is 17.3 Å². The van der Waals surface area contributed by atoms with Crippen LogP contribution in [0.4, 0.5) is 11.4 Å². The SMILES string of the molecule is COc1ccc2c(c1)N(Cc1ccccc1)C(=O)C21N=Nc2ccccc21. The zero-order valence-electron chi connectivity index (χ0n) is 14.8. The van der Waals surface area contributed by atoms with E-state index in [0.717, 1.165) is 28.1 Å². The Morgan fingerprint density at radius 1 is 0.963 bits per heavy atom. The Hall–Kier alpha value is -3.47. The van der Waals surface area contributed by atoms with Gasteiger partial charge >= 0.3 is 0 Å². The fourth-order valence-electron chi connectivity index (χ4n) is 3.92. The molecule has 1 spiro atoms. The first-order valence-electron chi connectivity index (χ1n) is 8.81. The molecule has 0 aliphatic carbocycles. The second-order valence-electron chi connectivity index (χ2n) is 6.69. The highest BCUT2D eigenvalue weighted by atomic mass is 16.5. The van der Waals surface area contributed by atoms with E-state index in [1.54, 1.807) is 12.0 Å². The summed E-state index contributed by atoms with van der Waals surface area (Å²) in [6, 6.07) is 23.3. The van der Waals surface area contributed by atoms with Gasteiger partial charge in [0.2, 0.25) is 5.54 Å². The van der Waals surface area contributed by atoms with E-state index in [9.17, 15) is 4.79 Å². The van der Waals surface area contributed by atoms with E-state index in [0.29, 0.717) is 12.3 Å². The van der Waals surface area contributed by atoms with Crippen LogP contribution in [0.2, 0.25) is 0 Å². The summed E-state index contributed by atoms with van der Waals surface area (Å²) in [7, 11) is 1.63. The van der Waals surface area contributed by atoms with Crippen LogP contribution in [0.5, 0.6) is 5.75 Å². The molecule has 0 bridgehead atoms.